The zero-order valence-electron chi connectivity index (χ0n) is 13.1. The molecule has 20 heavy (non-hydrogen) atoms. The number of hydrogen-bond acceptors (Lipinski definition) is 3. The lowest BCUT2D eigenvalue weighted by atomic mass is 10.2. The first-order valence-electron chi connectivity index (χ1n) is 7.15. The minimum absolute atomic E-state index is 0.267. The molecule has 0 aliphatic rings. The van der Waals surface area contributed by atoms with Gasteiger partial charge < -0.3 is 14.2 Å². The van der Waals surface area contributed by atoms with Crippen LogP contribution in [0.25, 0.3) is 11.0 Å². The molecule has 0 unspecified atom stereocenters. The van der Waals surface area contributed by atoms with E-state index >= 15 is 0 Å². The van der Waals surface area contributed by atoms with Crippen LogP contribution < -0.4 is 5.32 Å². The van der Waals surface area contributed by atoms with Crippen LogP contribution >= 0.6 is 0 Å². The molecule has 0 saturated carbocycles. The molecular weight excluding hydrogens is 266 g/mol. The van der Waals surface area contributed by atoms with Crippen LogP contribution in [0.2, 0.25) is 18.1 Å². The van der Waals surface area contributed by atoms with E-state index in [0.29, 0.717) is 0 Å². The molecule has 2 rings (SSSR count). The highest BCUT2D eigenvalue weighted by molar-refractivity contribution is 6.74. The second-order valence-corrected chi connectivity index (χ2v) is 11.5. The largest absolute Gasteiger partial charge is 0.464 e. The number of furan rings is 1. The number of fused-ring (bicyclic) bond motifs is 1. The van der Waals surface area contributed by atoms with Crippen molar-refractivity contribution in [3.05, 3.63) is 30.5 Å². The lowest BCUT2D eigenvalue weighted by molar-refractivity contribution is 0.301. The summed E-state index contributed by atoms with van der Waals surface area (Å²) in [5.41, 5.74) is 2.03. The van der Waals surface area contributed by atoms with Crippen LogP contribution in [0.3, 0.4) is 0 Å². The third-order valence-corrected chi connectivity index (χ3v) is 8.69. The lowest BCUT2D eigenvalue weighted by Crippen LogP contribution is -2.41. The second kappa shape index (κ2) is 5.62. The fourth-order valence-electron chi connectivity index (χ4n) is 1.79. The summed E-state index contributed by atoms with van der Waals surface area (Å²) in [6.45, 7) is 12.9. The Kier molecular flexibility index (Phi) is 4.25. The standard InChI is InChI=1S/C16H25NO2Si/c1-16(2,3)20(4,5)19-11-9-17-14-6-7-15-13(12-14)8-10-18-15/h6-8,10,12,17H,9,11H2,1-5H3. The second-order valence-electron chi connectivity index (χ2n) is 6.71. The van der Waals surface area contributed by atoms with Crippen LogP contribution in [0.5, 0.6) is 0 Å². The number of rotatable bonds is 5. The SMILES string of the molecule is CC(C)(C)[Si](C)(C)OCCNc1ccc2occc2c1. The highest BCUT2D eigenvalue weighted by Gasteiger charge is 2.36. The fraction of sp³-hybridized carbons (Fsp3) is 0.500. The number of anilines is 1. The normalized spacial score (nSPS) is 12.8. The van der Waals surface area contributed by atoms with E-state index in [1.54, 1.807) is 6.26 Å². The summed E-state index contributed by atoms with van der Waals surface area (Å²) in [5, 5.41) is 4.80. The van der Waals surface area contributed by atoms with Crippen molar-refractivity contribution in [3.8, 4) is 0 Å². The summed E-state index contributed by atoms with van der Waals surface area (Å²) < 4.78 is 11.5. The lowest BCUT2D eigenvalue weighted by Gasteiger charge is -2.36. The van der Waals surface area contributed by atoms with E-state index in [4.69, 9.17) is 8.84 Å². The van der Waals surface area contributed by atoms with Crippen molar-refractivity contribution in [2.75, 3.05) is 18.5 Å². The van der Waals surface area contributed by atoms with E-state index < -0.39 is 8.32 Å². The van der Waals surface area contributed by atoms with Gasteiger partial charge in [0, 0.05) is 17.6 Å². The average molecular weight is 291 g/mol. The maximum Gasteiger partial charge on any atom is 0.192 e. The van der Waals surface area contributed by atoms with Gasteiger partial charge in [-0.2, -0.15) is 0 Å². The summed E-state index contributed by atoms with van der Waals surface area (Å²) in [4.78, 5) is 0. The first kappa shape index (κ1) is 15.1. The molecule has 110 valence electrons. The molecule has 0 bridgehead atoms. The van der Waals surface area contributed by atoms with Gasteiger partial charge in [-0.1, -0.05) is 20.8 Å². The van der Waals surface area contributed by atoms with Crippen molar-refractivity contribution in [2.24, 2.45) is 0 Å². The van der Waals surface area contributed by atoms with Gasteiger partial charge in [-0.3, -0.25) is 0 Å². The number of hydrogen-bond donors (Lipinski definition) is 1. The molecule has 0 aliphatic heterocycles. The molecule has 0 spiro atoms. The summed E-state index contributed by atoms with van der Waals surface area (Å²) in [5.74, 6) is 0. The van der Waals surface area contributed by atoms with Gasteiger partial charge in [-0.25, -0.2) is 0 Å². The average Bonchev–Trinajstić information content (AvgIpc) is 2.80. The Morgan fingerprint density at radius 3 is 2.65 bits per heavy atom. The van der Waals surface area contributed by atoms with Gasteiger partial charge in [0.1, 0.15) is 5.58 Å². The summed E-state index contributed by atoms with van der Waals surface area (Å²) in [7, 11) is -1.63. The van der Waals surface area contributed by atoms with Gasteiger partial charge in [-0.05, 0) is 42.4 Å². The fourth-order valence-corrected chi connectivity index (χ4v) is 2.84. The molecular formula is C16H25NO2Si. The van der Waals surface area contributed by atoms with E-state index in [0.717, 1.165) is 29.8 Å². The third kappa shape index (κ3) is 3.44. The Hall–Kier alpha value is -1.26. The van der Waals surface area contributed by atoms with Gasteiger partial charge >= 0.3 is 0 Å². The maximum atomic E-state index is 6.15. The summed E-state index contributed by atoms with van der Waals surface area (Å²) in [6.07, 6.45) is 1.72. The molecule has 0 saturated heterocycles. The van der Waals surface area contributed by atoms with E-state index in [1.165, 1.54) is 0 Å². The van der Waals surface area contributed by atoms with Gasteiger partial charge in [0.15, 0.2) is 8.32 Å². The first-order chi connectivity index (χ1) is 9.29. The van der Waals surface area contributed by atoms with Gasteiger partial charge in [0.25, 0.3) is 0 Å². The predicted octanol–water partition coefficient (Wildman–Crippen LogP) is 4.87. The maximum absolute atomic E-state index is 6.15. The summed E-state index contributed by atoms with van der Waals surface area (Å²) in [6, 6.07) is 8.11. The number of nitrogens with one attached hydrogen (secondary N) is 1. The molecule has 0 amide bonds. The minimum Gasteiger partial charge on any atom is -0.464 e. The van der Waals surface area contributed by atoms with Crippen LogP contribution in [0, 0.1) is 0 Å². The molecule has 0 radical (unpaired) electrons. The topological polar surface area (TPSA) is 34.4 Å². The Balaban J connectivity index is 1.84. The molecule has 2 aromatic rings. The molecule has 4 heteroatoms. The molecule has 0 atom stereocenters. The molecule has 3 nitrogen and oxygen atoms in total. The van der Waals surface area contributed by atoms with Crippen LogP contribution in [-0.4, -0.2) is 21.5 Å². The summed E-state index contributed by atoms with van der Waals surface area (Å²) >= 11 is 0. The monoisotopic (exact) mass is 291 g/mol. The van der Waals surface area contributed by atoms with Crippen LogP contribution in [0.15, 0.2) is 34.9 Å². The van der Waals surface area contributed by atoms with Crippen molar-refractivity contribution in [2.45, 2.75) is 38.9 Å². The number of benzene rings is 1. The molecule has 0 aliphatic carbocycles. The Morgan fingerprint density at radius 2 is 1.95 bits per heavy atom. The van der Waals surface area contributed by atoms with Crippen LogP contribution in [-0.2, 0) is 4.43 Å². The quantitative estimate of drug-likeness (QED) is 0.630. The molecule has 1 N–H and O–H groups in total. The zero-order chi connectivity index (χ0) is 14.8. The van der Waals surface area contributed by atoms with Crippen molar-refractivity contribution in [1.82, 2.24) is 0 Å². The Labute approximate surface area is 122 Å². The zero-order valence-corrected chi connectivity index (χ0v) is 14.1. The highest BCUT2D eigenvalue weighted by atomic mass is 28.4. The van der Waals surface area contributed by atoms with E-state index in [9.17, 15) is 0 Å². The van der Waals surface area contributed by atoms with Crippen molar-refractivity contribution in [3.63, 3.8) is 0 Å². The third-order valence-electron chi connectivity index (χ3n) is 4.15. The smallest absolute Gasteiger partial charge is 0.192 e. The Morgan fingerprint density at radius 1 is 1.20 bits per heavy atom. The molecule has 1 aromatic carbocycles. The van der Waals surface area contributed by atoms with Crippen molar-refractivity contribution in [1.29, 1.82) is 0 Å². The predicted molar refractivity (Wildman–Crippen MR) is 87.9 cm³/mol. The van der Waals surface area contributed by atoms with E-state index in [-0.39, 0.29) is 5.04 Å². The van der Waals surface area contributed by atoms with Crippen molar-refractivity contribution < 1.29 is 8.84 Å². The van der Waals surface area contributed by atoms with Gasteiger partial charge in [-0.15, -0.1) is 0 Å². The minimum atomic E-state index is -1.63. The van der Waals surface area contributed by atoms with Crippen LogP contribution in [0.4, 0.5) is 5.69 Å². The molecule has 0 fully saturated rings. The van der Waals surface area contributed by atoms with Crippen molar-refractivity contribution >= 4 is 25.0 Å². The van der Waals surface area contributed by atoms with E-state index in [2.05, 4.69) is 45.2 Å². The molecule has 1 heterocycles. The highest BCUT2D eigenvalue weighted by Crippen LogP contribution is 2.36. The molecule has 1 aromatic heterocycles. The van der Waals surface area contributed by atoms with Gasteiger partial charge in [0.2, 0.25) is 0 Å². The van der Waals surface area contributed by atoms with Gasteiger partial charge in [0.05, 0.1) is 12.9 Å². The Bertz CT molecular complexity index is 569. The van der Waals surface area contributed by atoms with E-state index in [1.807, 2.05) is 18.2 Å². The van der Waals surface area contributed by atoms with Crippen LogP contribution in [0.1, 0.15) is 20.8 Å². The first-order valence-corrected chi connectivity index (χ1v) is 10.1.